The van der Waals surface area contributed by atoms with Crippen molar-refractivity contribution in [3.63, 3.8) is 0 Å². The van der Waals surface area contributed by atoms with Crippen molar-refractivity contribution >= 4 is 11.9 Å². The highest BCUT2D eigenvalue weighted by molar-refractivity contribution is 5.94. The number of carboxylic acids is 1. The molecule has 1 amide bonds. The van der Waals surface area contributed by atoms with Crippen molar-refractivity contribution < 1.29 is 19.2 Å². The second kappa shape index (κ2) is 5.11. The molecule has 1 aromatic heterocycles. The van der Waals surface area contributed by atoms with Gasteiger partial charge in [-0.15, -0.1) is 6.58 Å². The first-order chi connectivity index (χ1) is 7.54. The Morgan fingerprint density at radius 1 is 1.75 bits per heavy atom. The van der Waals surface area contributed by atoms with E-state index in [0.717, 1.165) is 0 Å². The molecule has 0 saturated carbocycles. The second-order valence-electron chi connectivity index (χ2n) is 3.21. The van der Waals surface area contributed by atoms with E-state index in [-0.39, 0.29) is 12.1 Å². The molecular weight excluding hydrogens is 212 g/mol. The molecule has 0 bridgehead atoms. The van der Waals surface area contributed by atoms with Gasteiger partial charge in [0.05, 0.1) is 0 Å². The van der Waals surface area contributed by atoms with Gasteiger partial charge < -0.3 is 14.9 Å². The number of carboxylic acid groups (broad SMARTS) is 1. The summed E-state index contributed by atoms with van der Waals surface area (Å²) in [6.45, 7) is 5.06. The molecule has 6 heteroatoms. The highest BCUT2D eigenvalue weighted by atomic mass is 16.5. The van der Waals surface area contributed by atoms with E-state index in [2.05, 4.69) is 17.1 Å². The smallest absolute Gasteiger partial charge is 0.326 e. The molecule has 0 spiro atoms. The Morgan fingerprint density at radius 2 is 2.44 bits per heavy atom. The standard InChI is InChI=1S/C10H12N2O4/c1-3-4-7(10(14)15)11-9(13)8-5-6(2)16-12-8/h3,5,7H,1,4H2,2H3,(H,11,13)(H,14,15). The number of carbonyl (C=O) groups excluding carboxylic acids is 1. The van der Waals surface area contributed by atoms with E-state index in [1.165, 1.54) is 12.1 Å². The quantitative estimate of drug-likeness (QED) is 0.719. The van der Waals surface area contributed by atoms with Gasteiger partial charge in [0, 0.05) is 6.07 Å². The summed E-state index contributed by atoms with van der Waals surface area (Å²) in [4.78, 5) is 22.3. The molecule has 86 valence electrons. The summed E-state index contributed by atoms with van der Waals surface area (Å²) in [5.41, 5.74) is 0.0628. The molecule has 0 aliphatic carbocycles. The van der Waals surface area contributed by atoms with E-state index in [0.29, 0.717) is 5.76 Å². The van der Waals surface area contributed by atoms with Crippen LogP contribution in [0.4, 0.5) is 0 Å². The zero-order valence-electron chi connectivity index (χ0n) is 8.77. The maximum absolute atomic E-state index is 11.5. The summed E-state index contributed by atoms with van der Waals surface area (Å²) in [6, 6.07) is 0.435. The number of aromatic nitrogens is 1. The van der Waals surface area contributed by atoms with Crippen LogP contribution in [0.2, 0.25) is 0 Å². The van der Waals surface area contributed by atoms with Crippen LogP contribution in [0.5, 0.6) is 0 Å². The van der Waals surface area contributed by atoms with Crippen molar-refractivity contribution in [2.24, 2.45) is 0 Å². The molecule has 0 aliphatic rings. The van der Waals surface area contributed by atoms with E-state index in [1.54, 1.807) is 6.92 Å². The Kier molecular flexibility index (Phi) is 3.82. The molecule has 1 atom stereocenters. The van der Waals surface area contributed by atoms with E-state index in [9.17, 15) is 9.59 Å². The molecule has 2 N–H and O–H groups in total. The van der Waals surface area contributed by atoms with Gasteiger partial charge in [-0.1, -0.05) is 11.2 Å². The van der Waals surface area contributed by atoms with E-state index in [4.69, 9.17) is 9.63 Å². The number of carbonyl (C=O) groups is 2. The number of aryl methyl sites for hydroxylation is 1. The average Bonchev–Trinajstić information content (AvgIpc) is 2.64. The maximum Gasteiger partial charge on any atom is 0.326 e. The third-order valence-corrected chi connectivity index (χ3v) is 1.87. The van der Waals surface area contributed by atoms with Crippen LogP contribution in [0.15, 0.2) is 23.2 Å². The molecule has 1 heterocycles. The highest BCUT2D eigenvalue weighted by Gasteiger charge is 2.20. The van der Waals surface area contributed by atoms with Crippen LogP contribution < -0.4 is 5.32 Å². The van der Waals surface area contributed by atoms with Crippen LogP contribution in [0, 0.1) is 6.92 Å². The molecule has 1 rings (SSSR count). The molecule has 0 radical (unpaired) electrons. The summed E-state index contributed by atoms with van der Waals surface area (Å²) in [5, 5.41) is 14.6. The van der Waals surface area contributed by atoms with Gasteiger partial charge in [0.1, 0.15) is 11.8 Å². The first kappa shape index (κ1) is 12.0. The number of rotatable bonds is 5. The Balaban J connectivity index is 2.68. The summed E-state index contributed by atoms with van der Waals surface area (Å²) in [5.74, 6) is -1.21. The fourth-order valence-electron chi connectivity index (χ4n) is 1.09. The zero-order chi connectivity index (χ0) is 12.1. The molecule has 16 heavy (non-hydrogen) atoms. The first-order valence-corrected chi connectivity index (χ1v) is 4.62. The topological polar surface area (TPSA) is 92.4 Å². The third-order valence-electron chi connectivity index (χ3n) is 1.87. The molecule has 6 nitrogen and oxygen atoms in total. The lowest BCUT2D eigenvalue weighted by molar-refractivity contribution is -0.139. The minimum atomic E-state index is -1.12. The number of hydrogen-bond acceptors (Lipinski definition) is 4. The lowest BCUT2D eigenvalue weighted by Gasteiger charge is -2.10. The van der Waals surface area contributed by atoms with Gasteiger partial charge >= 0.3 is 5.97 Å². The predicted molar refractivity (Wildman–Crippen MR) is 54.9 cm³/mol. The number of hydrogen-bond donors (Lipinski definition) is 2. The predicted octanol–water partition coefficient (Wildman–Crippen LogP) is 0.742. The molecule has 0 aliphatic heterocycles. The Labute approximate surface area is 91.9 Å². The van der Waals surface area contributed by atoms with E-state index in [1.807, 2.05) is 0 Å². The summed E-state index contributed by atoms with van der Waals surface area (Å²) < 4.78 is 4.71. The molecule has 0 aromatic carbocycles. The maximum atomic E-state index is 11.5. The third kappa shape index (κ3) is 2.94. The Hall–Kier alpha value is -2.11. The van der Waals surface area contributed by atoms with Crippen molar-refractivity contribution in [1.82, 2.24) is 10.5 Å². The zero-order valence-corrected chi connectivity index (χ0v) is 8.77. The average molecular weight is 224 g/mol. The van der Waals surface area contributed by atoms with E-state index >= 15 is 0 Å². The van der Waals surface area contributed by atoms with Gasteiger partial charge in [0.15, 0.2) is 5.69 Å². The van der Waals surface area contributed by atoms with Gasteiger partial charge in [-0.2, -0.15) is 0 Å². The van der Waals surface area contributed by atoms with Crippen molar-refractivity contribution in [3.8, 4) is 0 Å². The summed E-state index contributed by atoms with van der Waals surface area (Å²) in [6.07, 6.45) is 1.57. The molecule has 0 fully saturated rings. The van der Waals surface area contributed by atoms with Crippen molar-refractivity contribution in [3.05, 3.63) is 30.2 Å². The van der Waals surface area contributed by atoms with Gasteiger partial charge in [-0.05, 0) is 13.3 Å². The van der Waals surface area contributed by atoms with Crippen LogP contribution in [0.1, 0.15) is 22.7 Å². The molecule has 0 saturated heterocycles. The van der Waals surface area contributed by atoms with Gasteiger partial charge in [-0.3, -0.25) is 4.79 Å². The summed E-state index contributed by atoms with van der Waals surface area (Å²) >= 11 is 0. The Bertz CT molecular complexity index is 411. The van der Waals surface area contributed by atoms with Crippen LogP contribution in [0.25, 0.3) is 0 Å². The van der Waals surface area contributed by atoms with Gasteiger partial charge in [-0.25, -0.2) is 4.79 Å². The van der Waals surface area contributed by atoms with Gasteiger partial charge in [0.2, 0.25) is 0 Å². The van der Waals surface area contributed by atoms with Crippen molar-refractivity contribution in [2.45, 2.75) is 19.4 Å². The van der Waals surface area contributed by atoms with Crippen LogP contribution in [0.3, 0.4) is 0 Å². The van der Waals surface area contributed by atoms with E-state index < -0.39 is 17.9 Å². The minimum Gasteiger partial charge on any atom is -0.480 e. The van der Waals surface area contributed by atoms with Crippen LogP contribution >= 0.6 is 0 Å². The van der Waals surface area contributed by atoms with Crippen molar-refractivity contribution in [1.29, 1.82) is 0 Å². The van der Waals surface area contributed by atoms with Crippen LogP contribution in [-0.2, 0) is 4.79 Å². The van der Waals surface area contributed by atoms with Crippen LogP contribution in [-0.4, -0.2) is 28.2 Å². The molecule has 1 aromatic rings. The lowest BCUT2D eigenvalue weighted by Crippen LogP contribution is -2.40. The SMILES string of the molecule is C=CCC(NC(=O)c1cc(C)on1)C(=O)O. The number of amides is 1. The normalized spacial score (nSPS) is 11.8. The molecular formula is C10H12N2O4. The second-order valence-corrected chi connectivity index (χ2v) is 3.21. The Morgan fingerprint density at radius 3 is 2.88 bits per heavy atom. The minimum absolute atomic E-state index is 0.0628. The fraction of sp³-hybridized carbons (Fsp3) is 0.300. The van der Waals surface area contributed by atoms with Gasteiger partial charge in [0.25, 0.3) is 5.91 Å². The number of nitrogens with one attached hydrogen (secondary N) is 1. The first-order valence-electron chi connectivity index (χ1n) is 4.62. The number of nitrogens with zero attached hydrogens (tertiary/aromatic N) is 1. The molecule has 1 unspecified atom stereocenters. The largest absolute Gasteiger partial charge is 0.480 e. The monoisotopic (exact) mass is 224 g/mol. The van der Waals surface area contributed by atoms with Crippen molar-refractivity contribution in [2.75, 3.05) is 0 Å². The highest BCUT2D eigenvalue weighted by Crippen LogP contribution is 2.02. The fourth-order valence-corrected chi connectivity index (χ4v) is 1.09. The number of aliphatic carboxylic acids is 1. The summed E-state index contributed by atoms with van der Waals surface area (Å²) in [7, 11) is 0. The lowest BCUT2D eigenvalue weighted by atomic mass is 10.2.